The molecule has 2 heterocycles. The highest BCUT2D eigenvalue weighted by Gasteiger charge is 2.30. The number of amides is 1. The van der Waals surface area contributed by atoms with Crippen molar-refractivity contribution in [1.29, 1.82) is 0 Å². The molecule has 3 rings (SSSR count). The highest BCUT2D eigenvalue weighted by molar-refractivity contribution is 5.90. The van der Waals surface area contributed by atoms with Crippen LogP contribution in [0.1, 0.15) is 44.4 Å². The third kappa shape index (κ3) is 3.79. The van der Waals surface area contributed by atoms with Gasteiger partial charge in [-0.05, 0) is 45.1 Å². The molecule has 7 nitrogen and oxygen atoms in total. The zero-order valence-corrected chi connectivity index (χ0v) is 12.4. The normalized spacial score (nSPS) is 24.8. The fourth-order valence-corrected chi connectivity index (χ4v) is 2.81. The zero-order valence-electron chi connectivity index (χ0n) is 12.4. The van der Waals surface area contributed by atoms with Crippen molar-refractivity contribution >= 4 is 11.9 Å². The maximum Gasteiger partial charge on any atom is 0.322 e. The van der Waals surface area contributed by atoms with E-state index in [0.29, 0.717) is 24.3 Å². The molecule has 1 aromatic heterocycles. The van der Waals surface area contributed by atoms with Crippen LogP contribution in [0.25, 0.3) is 0 Å². The van der Waals surface area contributed by atoms with Gasteiger partial charge in [-0.3, -0.25) is 15.0 Å². The van der Waals surface area contributed by atoms with E-state index in [1.165, 1.54) is 0 Å². The Morgan fingerprint density at radius 2 is 2.29 bits per heavy atom. The lowest BCUT2D eigenvalue weighted by Crippen LogP contribution is -2.45. The second kappa shape index (κ2) is 6.11. The van der Waals surface area contributed by atoms with Crippen molar-refractivity contribution in [2.75, 3.05) is 25.0 Å². The first-order valence-electron chi connectivity index (χ1n) is 7.73. The predicted octanol–water partition coefficient (Wildman–Crippen LogP) is 0.945. The van der Waals surface area contributed by atoms with Gasteiger partial charge in [-0.25, -0.2) is 0 Å². The fraction of sp³-hybridized carbons (Fsp3) is 0.786. The molecular weight excluding hydrogens is 270 g/mol. The molecule has 2 aliphatic rings. The van der Waals surface area contributed by atoms with Crippen LogP contribution >= 0.6 is 0 Å². The lowest BCUT2D eigenvalue weighted by Gasteiger charge is -2.33. The molecule has 2 unspecified atom stereocenters. The Kier molecular flexibility index (Phi) is 4.21. The quantitative estimate of drug-likeness (QED) is 0.838. The smallest absolute Gasteiger partial charge is 0.322 e. The van der Waals surface area contributed by atoms with Crippen molar-refractivity contribution < 1.29 is 9.21 Å². The molecule has 0 bridgehead atoms. The standard InChI is InChI=1S/C14H23N5O2/c1-9(15)11-3-2-6-19(7-11)8-12(20)16-14-18-17-13(21-14)10-4-5-10/h9-11H,2-8,15H2,1H3,(H,16,18,20). The average Bonchev–Trinajstić information content (AvgIpc) is 3.20. The summed E-state index contributed by atoms with van der Waals surface area (Å²) in [6, 6.07) is 0.385. The van der Waals surface area contributed by atoms with Crippen LogP contribution in [0.3, 0.4) is 0 Å². The number of nitrogens with one attached hydrogen (secondary N) is 1. The van der Waals surface area contributed by atoms with Crippen LogP contribution in [0.15, 0.2) is 4.42 Å². The van der Waals surface area contributed by atoms with Crippen LogP contribution in [0.2, 0.25) is 0 Å². The van der Waals surface area contributed by atoms with Crippen LogP contribution in [-0.4, -0.2) is 46.7 Å². The van der Waals surface area contributed by atoms with Gasteiger partial charge in [-0.1, -0.05) is 5.10 Å². The van der Waals surface area contributed by atoms with Crippen LogP contribution in [0.5, 0.6) is 0 Å². The number of rotatable bonds is 5. The number of piperidine rings is 1. The molecule has 21 heavy (non-hydrogen) atoms. The highest BCUT2D eigenvalue weighted by atomic mass is 16.4. The summed E-state index contributed by atoms with van der Waals surface area (Å²) in [6.45, 7) is 4.20. The molecule has 1 amide bonds. The Balaban J connectivity index is 1.48. The Bertz CT molecular complexity index is 497. The summed E-state index contributed by atoms with van der Waals surface area (Å²) in [5.74, 6) is 1.40. The van der Waals surface area contributed by atoms with Gasteiger partial charge in [0.25, 0.3) is 0 Å². The first-order valence-corrected chi connectivity index (χ1v) is 7.73. The molecule has 1 aromatic rings. The number of hydrogen-bond acceptors (Lipinski definition) is 6. The van der Waals surface area contributed by atoms with Gasteiger partial charge in [-0.2, -0.15) is 0 Å². The molecule has 1 saturated carbocycles. The number of anilines is 1. The van der Waals surface area contributed by atoms with Gasteiger partial charge in [0.05, 0.1) is 6.54 Å². The van der Waals surface area contributed by atoms with Crippen molar-refractivity contribution in [3.05, 3.63) is 5.89 Å². The lowest BCUT2D eigenvalue weighted by atomic mass is 9.92. The third-order valence-electron chi connectivity index (χ3n) is 4.27. The van der Waals surface area contributed by atoms with Gasteiger partial charge in [0, 0.05) is 18.5 Å². The van der Waals surface area contributed by atoms with E-state index >= 15 is 0 Å². The lowest BCUT2D eigenvalue weighted by molar-refractivity contribution is -0.117. The zero-order chi connectivity index (χ0) is 14.8. The number of carbonyl (C=O) groups is 1. The van der Waals surface area contributed by atoms with Crippen LogP contribution in [0.4, 0.5) is 6.01 Å². The first-order chi connectivity index (χ1) is 10.1. The van der Waals surface area contributed by atoms with E-state index in [-0.39, 0.29) is 18.0 Å². The highest BCUT2D eigenvalue weighted by Crippen LogP contribution is 2.39. The van der Waals surface area contributed by atoms with Crippen molar-refractivity contribution in [2.24, 2.45) is 11.7 Å². The SMILES string of the molecule is CC(N)C1CCCN(CC(=O)Nc2nnc(C3CC3)o2)C1. The Morgan fingerprint density at radius 1 is 1.48 bits per heavy atom. The van der Waals surface area contributed by atoms with Crippen LogP contribution < -0.4 is 11.1 Å². The summed E-state index contributed by atoms with van der Waals surface area (Å²) in [5, 5.41) is 10.5. The molecule has 0 radical (unpaired) electrons. The van der Waals surface area contributed by atoms with Gasteiger partial charge in [-0.15, -0.1) is 5.10 Å². The molecule has 0 spiro atoms. The average molecular weight is 293 g/mol. The molecule has 0 aromatic carbocycles. The molecule has 3 N–H and O–H groups in total. The van der Waals surface area contributed by atoms with Crippen LogP contribution in [-0.2, 0) is 4.79 Å². The van der Waals surface area contributed by atoms with Gasteiger partial charge in [0.1, 0.15) is 0 Å². The van der Waals surface area contributed by atoms with E-state index < -0.39 is 0 Å². The third-order valence-corrected chi connectivity index (χ3v) is 4.27. The fourth-order valence-electron chi connectivity index (χ4n) is 2.81. The summed E-state index contributed by atoms with van der Waals surface area (Å²) >= 11 is 0. The molecule has 1 saturated heterocycles. The monoisotopic (exact) mass is 293 g/mol. The minimum absolute atomic E-state index is 0.105. The second-order valence-corrected chi connectivity index (χ2v) is 6.26. The predicted molar refractivity (Wildman–Crippen MR) is 77.7 cm³/mol. The first kappa shape index (κ1) is 14.5. The molecular formula is C14H23N5O2. The second-order valence-electron chi connectivity index (χ2n) is 6.26. The van der Waals surface area contributed by atoms with E-state index in [1.807, 2.05) is 6.92 Å². The maximum atomic E-state index is 12.0. The summed E-state index contributed by atoms with van der Waals surface area (Å²) in [7, 11) is 0. The van der Waals surface area contributed by atoms with Crippen molar-refractivity contribution in [3.8, 4) is 0 Å². The van der Waals surface area contributed by atoms with Crippen molar-refractivity contribution in [1.82, 2.24) is 15.1 Å². The van der Waals surface area contributed by atoms with E-state index in [4.69, 9.17) is 10.2 Å². The Morgan fingerprint density at radius 3 is 3.00 bits per heavy atom. The molecule has 116 valence electrons. The summed E-state index contributed by atoms with van der Waals surface area (Å²) < 4.78 is 5.43. The number of hydrogen-bond donors (Lipinski definition) is 2. The van der Waals surface area contributed by atoms with Crippen molar-refractivity contribution in [3.63, 3.8) is 0 Å². The number of aromatic nitrogens is 2. The Labute approximate surface area is 124 Å². The number of carbonyl (C=O) groups excluding carboxylic acids is 1. The van der Waals surface area contributed by atoms with E-state index in [0.717, 1.165) is 38.8 Å². The molecule has 1 aliphatic carbocycles. The maximum absolute atomic E-state index is 12.0. The minimum atomic E-state index is -0.105. The molecule has 7 heteroatoms. The largest absolute Gasteiger partial charge is 0.408 e. The van der Waals surface area contributed by atoms with Gasteiger partial charge >= 0.3 is 6.01 Å². The van der Waals surface area contributed by atoms with Crippen LogP contribution in [0, 0.1) is 5.92 Å². The van der Waals surface area contributed by atoms with Crippen molar-refractivity contribution in [2.45, 2.75) is 44.6 Å². The van der Waals surface area contributed by atoms with Gasteiger partial charge < -0.3 is 10.2 Å². The molecule has 2 fully saturated rings. The van der Waals surface area contributed by atoms with E-state index in [9.17, 15) is 4.79 Å². The number of nitrogens with zero attached hydrogens (tertiary/aromatic N) is 3. The van der Waals surface area contributed by atoms with Gasteiger partial charge in [0.15, 0.2) is 0 Å². The topological polar surface area (TPSA) is 97.3 Å². The summed E-state index contributed by atoms with van der Waals surface area (Å²) in [4.78, 5) is 14.2. The Hall–Kier alpha value is -1.47. The minimum Gasteiger partial charge on any atom is -0.408 e. The van der Waals surface area contributed by atoms with Gasteiger partial charge in [0.2, 0.25) is 11.8 Å². The number of nitrogens with two attached hydrogens (primary N) is 1. The van der Waals surface area contributed by atoms with E-state index in [1.54, 1.807) is 0 Å². The molecule has 2 atom stereocenters. The summed E-state index contributed by atoms with van der Waals surface area (Å²) in [5.41, 5.74) is 5.96. The summed E-state index contributed by atoms with van der Waals surface area (Å²) in [6.07, 6.45) is 4.43. The van der Waals surface area contributed by atoms with E-state index in [2.05, 4.69) is 20.4 Å². The molecule has 1 aliphatic heterocycles. The number of likely N-dealkylation sites (tertiary alicyclic amines) is 1.